The number of nitrogens with zero attached hydrogens (tertiary/aromatic N) is 2. The van der Waals surface area contributed by atoms with E-state index in [4.69, 9.17) is 5.73 Å². The Hall–Kier alpha value is -1.19. The Morgan fingerprint density at radius 2 is 1.91 bits per heavy atom. The Morgan fingerprint density at radius 1 is 1.36 bits per heavy atom. The summed E-state index contributed by atoms with van der Waals surface area (Å²) in [5.74, 6) is 0. The van der Waals surface area contributed by atoms with Crippen LogP contribution in [-0.2, 0) is 0 Å². The molecule has 0 unspecified atom stereocenters. The first-order valence-corrected chi connectivity index (χ1v) is 3.65. The van der Waals surface area contributed by atoms with Gasteiger partial charge in [0.2, 0.25) is 0 Å². The fourth-order valence-electron chi connectivity index (χ4n) is 1.12. The van der Waals surface area contributed by atoms with Gasteiger partial charge in [0.25, 0.3) is 0 Å². The van der Waals surface area contributed by atoms with E-state index >= 15 is 0 Å². The van der Waals surface area contributed by atoms with Crippen LogP contribution in [0.5, 0.6) is 0 Å². The maximum atomic E-state index is 10.7. The molecule has 1 saturated heterocycles. The summed E-state index contributed by atoms with van der Waals surface area (Å²) in [6.07, 6.45) is 1.79. The molecule has 0 aliphatic carbocycles. The molecule has 4 heteroatoms. The molecule has 0 aromatic rings. The lowest BCUT2D eigenvalue weighted by atomic mass is 10.3. The first-order valence-electron chi connectivity index (χ1n) is 3.65. The second kappa shape index (κ2) is 3.27. The highest BCUT2D eigenvalue weighted by Gasteiger charge is 2.15. The average Bonchev–Trinajstić information content (AvgIpc) is 2.05. The minimum Gasteiger partial charge on any atom is -0.374 e. The molecule has 0 bridgehead atoms. The van der Waals surface area contributed by atoms with E-state index in [0.717, 1.165) is 13.1 Å². The first kappa shape index (κ1) is 7.91. The summed E-state index contributed by atoms with van der Waals surface area (Å²) in [5.41, 5.74) is 5.10. The predicted octanol–water partition coefficient (Wildman–Crippen LogP) is -0.174. The third-order valence-electron chi connectivity index (χ3n) is 1.88. The zero-order valence-corrected chi connectivity index (χ0v) is 6.49. The lowest BCUT2D eigenvalue weighted by molar-refractivity contribution is 0.170. The zero-order valence-electron chi connectivity index (χ0n) is 6.49. The van der Waals surface area contributed by atoms with Gasteiger partial charge in [0.15, 0.2) is 0 Å². The van der Waals surface area contributed by atoms with Crippen molar-refractivity contribution in [3.8, 4) is 0 Å². The second-order valence-electron chi connectivity index (χ2n) is 2.54. The van der Waals surface area contributed by atoms with Gasteiger partial charge < -0.3 is 15.5 Å². The number of hydrogen-bond donors (Lipinski definition) is 1. The van der Waals surface area contributed by atoms with Crippen molar-refractivity contribution in [2.45, 2.75) is 0 Å². The summed E-state index contributed by atoms with van der Waals surface area (Å²) < 4.78 is 0. The van der Waals surface area contributed by atoms with Gasteiger partial charge in [0.1, 0.15) is 0 Å². The molecular formula is C7H13N3O. The maximum absolute atomic E-state index is 10.7. The van der Waals surface area contributed by atoms with E-state index in [9.17, 15) is 4.79 Å². The van der Waals surface area contributed by atoms with Gasteiger partial charge >= 0.3 is 6.03 Å². The molecule has 1 fully saturated rings. The molecule has 1 aliphatic rings. The molecule has 62 valence electrons. The Morgan fingerprint density at radius 3 is 2.27 bits per heavy atom. The fourth-order valence-corrected chi connectivity index (χ4v) is 1.12. The largest absolute Gasteiger partial charge is 0.374 e. The molecule has 0 atom stereocenters. The SMILES string of the molecule is C=CN1CCN(C(N)=O)CC1. The van der Waals surface area contributed by atoms with E-state index in [-0.39, 0.29) is 6.03 Å². The number of amides is 2. The molecule has 0 saturated carbocycles. The van der Waals surface area contributed by atoms with Crippen molar-refractivity contribution in [3.63, 3.8) is 0 Å². The number of primary amides is 1. The van der Waals surface area contributed by atoms with Crippen LogP contribution in [0.25, 0.3) is 0 Å². The van der Waals surface area contributed by atoms with Crippen molar-refractivity contribution in [2.24, 2.45) is 5.73 Å². The standard InChI is InChI=1S/C7H13N3O/c1-2-9-3-5-10(6-4-9)7(8)11/h2H,1,3-6H2,(H2,8,11). The highest BCUT2D eigenvalue weighted by atomic mass is 16.2. The van der Waals surface area contributed by atoms with Gasteiger partial charge in [0, 0.05) is 26.2 Å². The highest BCUT2D eigenvalue weighted by molar-refractivity contribution is 5.72. The van der Waals surface area contributed by atoms with E-state index in [2.05, 4.69) is 11.5 Å². The van der Waals surface area contributed by atoms with Gasteiger partial charge in [-0.05, 0) is 6.20 Å². The van der Waals surface area contributed by atoms with Gasteiger partial charge in [-0.2, -0.15) is 0 Å². The normalized spacial score (nSPS) is 18.2. The number of carbonyl (C=O) groups excluding carboxylic acids is 1. The predicted molar refractivity (Wildman–Crippen MR) is 42.9 cm³/mol. The van der Waals surface area contributed by atoms with Gasteiger partial charge in [-0.1, -0.05) is 6.58 Å². The van der Waals surface area contributed by atoms with Crippen LogP contribution >= 0.6 is 0 Å². The number of piperazine rings is 1. The Balaban J connectivity index is 2.35. The van der Waals surface area contributed by atoms with Gasteiger partial charge in [-0.25, -0.2) is 4.79 Å². The van der Waals surface area contributed by atoms with Crippen molar-refractivity contribution in [2.75, 3.05) is 26.2 Å². The number of rotatable bonds is 1. The maximum Gasteiger partial charge on any atom is 0.314 e. The van der Waals surface area contributed by atoms with Crippen molar-refractivity contribution >= 4 is 6.03 Å². The van der Waals surface area contributed by atoms with Crippen LogP contribution in [0.2, 0.25) is 0 Å². The summed E-state index contributed by atoms with van der Waals surface area (Å²) in [6, 6.07) is -0.325. The molecule has 0 spiro atoms. The molecule has 4 nitrogen and oxygen atoms in total. The Bertz CT molecular complexity index is 161. The third kappa shape index (κ3) is 1.86. The van der Waals surface area contributed by atoms with Gasteiger partial charge in [-0.15, -0.1) is 0 Å². The van der Waals surface area contributed by atoms with Crippen LogP contribution in [0.3, 0.4) is 0 Å². The second-order valence-corrected chi connectivity index (χ2v) is 2.54. The summed E-state index contributed by atoms with van der Waals surface area (Å²) >= 11 is 0. The van der Waals surface area contributed by atoms with E-state index in [1.807, 2.05) is 0 Å². The molecule has 11 heavy (non-hydrogen) atoms. The molecule has 0 aromatic heterocycles. The lowest BCUT2D eigenvalue weighted by Gasteiger charge is -2.32. The van der Waals surface area contributed by atoms with Gasteiger partial charge in [-0.3, -0.25) is 0 Å². The first-order chi connectivity index (χ1) is 5.24. The smallest absolute Gasteiger partial charge is 0.314 e. The number of urea groups is 1. The van der Waals surface area contributed by atoms with E-state index in [1.54, 1.807) is 11.1 Å². The monoisotopic (exact) mass is 155 g/mol. The highest BCUT2D eigenvalue weighted by Crippen LogP contribution is 2.00. The molecule has 1 rings (SSSR count). The van der Waals surface area contributed by atoms with Crippen LogP contribution in [0.4, 0.5) is 4.79 Å². The summed E-state index contributed by atoms with van der Waals surface area (Å²) in [7, 11) is 0. The summed E-state index contributed by atoms with van der Waals surface area (Å²) in [6.45, 7) is 6.74. The van der Waals surface area contributed by atoms with Crippen LogP contribution in [0, 0.1) is 0 Å². The average molecular weight is 155 g/mol. The molecule has 2 N–H and O–H groups in total. The van der Waals surface area contributed by atoms with Crippen LogP contribution in [0.15, 0.2) is 12.8 Å². The van der Waals surface area contributed by atoms with Crippen LogP contribution in [-0.4, -0.2) is 42.0 Å². The molecule has 1 heterocycles. The molecule has 2 amide bonds. The van der Waals surface area contributed by atoms with E-state index in [0.29, 0.717) is 13.1 Å². The third-order valence-corrected chi connectivity index (χ3v) is 1.88. The van der Waals surface area contributed by atoms with Crippen molar-refractivity contribution in [3.05, 3.63) is 12.8 Å². The number of hydrogen-bond acceptors (Lipinski definition) is 2. The quantitative estimate of drug-likeness (QED) is 0.571. The molecular weight excluding hydrogens is 142 g/mol. The fraction of sp³-hybridized carbons (Fsp3) is 0.571. The topological polar surface area (TPSA) is 49.6 Å². The summed E-state index contributed by atoms with van der Waals surface area (Å²) in [4.78, 5) is 14.4. The lowest BCUT2D eigenvalue weighted by Crippen LogP contribution is -2.48. The van der Waals surface area contributed by atoms with Crippen LogP contribution in [0.1, 0.15) is 0 Å². The molecule has 0 radical (unpaired) electrons. The molecule has 1 aliphatic heterocycles. The number of carbonyl (C=O) groups is 1. The van der Waals surface area contributed by atoms with E-state index < -0.39 is 0 Å². The van der Waals surface area contributed by atoms with Crippen molar-refractivity contribution in [1.82, 2.24) is 9.80 Å². The van der Waals surface area contributed by atoms with Gasteiger partial charge in [0.05, 0.1) is 0 Å². The minimum atomic E-state index is -0.325. The zero-order chi connectivity index (χ0) is 8.27. The minimum absolute atomic E-state index is 0.325. The van der Waals surface area contributed by atoms with Crippen molar-refractivity contribution in [1.29, 1.82) is 0 Å². The number of nitrogens with two attached hydrogens (primary N) is 1. The Kier molecular flexibility index (Phi) is 2.36. The van der Waals surface area contributed by atoms with Crippen molar-refractivity contribution < 1.29 is 4.79 Å². The van der Waals surface area contributed by atoms with E-state index in [1.165, 1.54) is 0 Å². The summed E-state index contributed by atoms with van der Waals surface area (Å²) in [5, 5.41) is 0. The molecule has 0 aromatic carbocycles. The Labute approximate surface area is 66.3 Å². The van der Waals surface area contributed by atoms with Crippen LogP contribution < -0.4 is 5.73 Å².